The third-order valence-corrected chi connectivity index (χ3v) is 18.3. The minimum absolute atomic E-state index is 0.00698. The second kappa shape index (κ2) is 18.3. The van der Waals surface area contributed by atoms with Gasteiger partial charge in [0.2, 0.25) is 0 Å². The zero-order chi connectivity index (χ0) is 56.9. The van der Waals surface area contributed by atoms with Gasteiger partial charge in [0.1, 0.15) is 0 Å². The van der Waals surface area contributed by atoms with E-state index in [4.69, 9.17) is 0 Å². The van der Waals surface area contributed by atoms with Gasteiger partial charge in [0.05, 0.1) is 11.4 Å². The van der Waals surface area contributed by atoms with Crippen LogP contribution in [-0.4, -0.2) is 6.71 Å². The molecule has 78 heavy (non-hydrogen) atoms. The van der Waals surface area contributed by atoms with Crippen molar-refractivity contribution in [3.8, 4) is 0 Å². The fraction of sp³-hybridized carbons (Fsp3) is 0.432. The van der Waals surface area contributed by atoms with Gasteiger partial charge in [0.25, 0.3) is 6.71 Å². The van der Waals surface area contributed by atoms with Crippen molar-refractivity contribution in [1.82, 2.24) is 0 Å². The van der Waals surface area contributed by atoms with Crippen LogP contribution in [0.5, 0.6) is 0 Å². The predicted octanol–water partition coefficient (Wildman–Crippen LogP) is 19.3. The summed E-state index contributed by atoms with van der Waals surface area (Å²) in [6.07, 6.45) is 2.31. The molecule has 7 aromatic rings. The van der Waals surface area contributed by atoms with E-state index < -0.39 is 0 Å². The Kier molecular flexibility index (Phi) is 13.0. The number of fused-ring (bicyclic) bond motifs is 5. The van der Waals surface area contributed by atoms with E-state index in [0.717, 1.165) is 29.9 Å². The first-order valence-corrected chi connectivity index (χ1v) is 29.3. The van der Waals surface area contributed by atoms with Crippen molar-refractivity contribution in [3.05, 3.63) is 176 Å². The number of benzene rings is 7. The molecule has 406 valence electrons. The summed E-state index contributed by atoms with van der Waals surface area (Å²) in [6.45, 7) is 54.5. The molecule has 0 unspecified atom stereocenters. The van der Waals surface area contributed by atoms with Gasteiger partial charge in [-0.25, -0.2) is 0 Å². The van der Waals surface area contributed by atoms with Gasteiger partial charge in [-0.3, -0.25) is 0 Å². The lowest BCUT2D eigenvalue weighted by Crippen LogP contribution is -2.62. The second-order valence-electron chi connectivity index (χ2n) is 30.6. The van der Waals surface area contributed by atoms with Gasteiger partial charge in [-0.05, 0) is 211 Å². The highest BCUT2D eigenvalue weighted by Crippen LogP contribution is 2.53. The first kappa shape index (κ1) is 55.3. The van der Waals surface area contributed by atoms with E-state index in [1.54, 1.807) is 0 Å². The number of hydrogen-bond acceptors (Lipinski definition) is 3. The minimum atomic E-state index is -0.155. The molecule has 2 aliphatic heterocycles. The number of nitrogens with zero attached hydrogens (tertiary/aromatic N) is 3. The second-order valence-corrected chi connectivity index (χ2v) is 30.6. The Balaban J connectivity index is 1.35. The molecule has 0 fully saturated rings. The van der Waals surface area contributed by atoms with E-state index in [9.17, 15) is 0 Å². The molecule has 0 radical (unpaired) electrons. The molecule has 3 nitrogen and oxygen atoms in total. The fourth-order valence-corrected chi connectivity index (χ4v) is 13.2. The van der Waals surface area contributed by atoms with E-state index in [2.05, 4.69) is 289 Å². The van der Waals surface area contributed by atoms with Gasteiger partial charge >= 0.3 is 0 Å². The summed E-state index contributed by atoms with van der Waals surface area (Å²) in [5.41, 5.74) is 30.1. The Bertz CT molecular complexity index is 3410. The maximum Gasteiger partial charge on any atom is 0.252 e. The Morgan fingerprint density at radius 2 is 0.692 bits per heavy atom. The molecular weight excluding hydrogens is 942 g/mol. The molecule has 0 N–H and O–H groups in total. The first-order chi connectivity index (χ1) is 36.0. The molecule has 3 aliphatic rings. The zero-order valence-corrected chi connectivity index (χ0v) is 52.3. The van der Waals surface area contributed by atoms with Crippen molar-refractivity contribution in [3.63, 3.8) is 0 Å². The van der Waals surface area contributed by atoms with Crippen LogP contribution in [0.2, 0.25) is 0 Å². The fourth-order valence-electron chi connectivity index (χ4n) is 13.2. The van der Waals surface area contributed by atoms with E-state index in [0.29, 0.717) is 0 Å². The van der Waals surface area contributed by atoms with Crippen LogP contribution in [0.4, 0.5) is 51.2 Å². The van der Waals surface area contributed by atoms with Crippen LogP contribution in [0.15, 0.2) is 115 Å². The zero-order valence-electron chi connectivity index (χ0n) is 52.3. The van der Waals surface area contributed by atoms with Gasteiger partial charge in [-0.1, -0.05) is 192 Å². The summed E-state index contributed by atoms with van der Waals surface area (Å²) in [4.78, 5) is 7.94. The van der Waals surface area contributed by atoms with Crippen LogP contribution >= 0.6 is 0 Å². The van der Waals surface area contributed by atoms with Gasteiger partial charge in [0.15, 0.2) is 0 Å². The van der Waals surface area contributed by atoms with E-state index in [1.165, 1.54) is 112 Å². The number of hydrogen-bond donors (Lipinski definition) is 0. The number of anilines is 9. The van der Waals surface area contributed by atoms with Crippen LogP contribution in [0, 0.1) is 27.7 Å². The lowest BCUT2D eigenvalue weighted by Gasteiger charge is -2.48. The molecule has 0 spiro atoms. The highest BCUT2D eigenvalue weighted by atomic mass is 15.2. The first-order valence-electron chi connectivity index (χ1n) is 29.3. The van der Waals surface area contributed by atoms with Gasteiger partial charge in [-0.2, -0.15) is 0 Å². The van der Waals surface area contributed by atoms with Gasteiger partial charge in [0, 0.05) is 39.8 Å². The molecule has 0 atom stereocenters. The Labute approximate surface area is 473 Å². The van der Waals surface area contributed by atoms with Crippen molar-refractivity contribution in [2.45, 2.75) is 210 Å². The van der Waals surface area contributed by atoms with Crippen LogP contribution in [0.25, 0.3) is 0 Å². The topological polar surface area (TPSA) is 9.72 Å². The van der Waals surface area contributed by atoms with Crippen molar-refractivity contribution >= 4 is 74.3 Å². The third kappa shape index (κ3) is 9.43. The monoisotopic (exact) mass is 1030 g/mol. The third-order valence-electron chi connectivity index (χ3n) is 18.3. The normalized spacial score (nSPS) is 15.9. The summed E-state index contributed by atoms with van der Waals surface area (Å²) in [6, 6.07) is 46.6. The lowest BCUT2D eigenvalue weighted by molar-refractivity contribution is 0.332. The molecule has 4 heteroatoms. The SMILES string of the molecule is Cc1cc(C(C)(C)C)cc(C)c1N1c2cc(N(c3ccc(C(C)(C)C)cc3)c3ccc(C(C)(C)C)cc3)ccc2B2c3cc4c(cc3N(c3c(C)cc(C(C)(C)C)cc3C)c3cc(C(C)(C)C)cc1c32)C(C)(C)CCC4(C)C. The lowest BCUT2D eigenvalue weighted by atomic mass is 9.33. The van der Waals surface area contributed by atoms with Gasteiger partial charge < -0.3 is 14.7 Å². The molecule has 1 aliphatic carbocycles. The molecule has 10 rings (SSSR count). The molecular formula is C74H92BN3. The molecule has 0 aromatic heterocycles. The summed E-state index contributed by atoms with van der Waals surface area (Å²) < 4.78 is 0. The molecule has 0 saturated heterocycles. The quantitative estimate of drug-likeness (QED) is 0.159. The average molecular weight is 1030 g/mol. The van der Waals surface area contributed by atoms with Crippen LogP contribution in [0.3, 0.4) is 0 Å². The Morgan fingerprint density at radius 3 is 1.06 bits per heavy atom. The van der Waals surface area contributed by atoms with Crippen molar-refractivity contribution in [2.24, 2.45) is 0 Å². The highest BCUT2D eigenvalue weighted by Gasteiger charge is 2.48. The summed E-state index contributed by atoms with van der Waals surface area (Å²) in [5, 5.41) is 0. The highest BCUT2D eigenvalue weighted by molar-refractivity contribution is 7.00. The molecule has 2 heterocycles. The number of aryl methyl sites for hydroxylation is 4. The Hall–Kier alpha value is -6.00. The maximum absolute atomic E-state index is 2.74. The minimum Gasteiger partial charge on any atom is -0.311 e. The van der Waals surface area contributed by atoms with E-state index >= 15 is 0 Å². The van der Waals surface area contributed by atoms with E-state index in [1.807, 2.05) is 0 Å². The molecule has 7 aromatic carbocycles. The molecule has 0 bridgehead atoms. The molecule has 0 saturated carbocycles. The van der Waals surface area contributed by atoms with Gasteiger partial charge in [-0.15, -0.1) is 0 Å². The van der Waals surface area contributed by atoms with Crippen LogP contribution in [0.1, 0.15) is 206 Å². The van der Waals surface area contributed by atoms with Crippen LogP contribution < -0.4 is 31.1 Å². The average Bonchev–Trinajstić information content (AvgIpc) is 3.40. The van der Waals surface area contributed by atoms with E-state index in [-0.39, 0.29) is 44.6 Å². The summed E-state index contributed by atoms with van der Waals surface area (Å²) in [5.74, 6) is 0. The number of rotatable bonds is 5. The predicted molar refractivity (Wildman–Crippen MR) is 343 cm³/mol. The van der Waals surface area contributed by atoms with Crippen molar-refractivity contribution in [2.75, 3.05) is 14.7 Å². The summed E-state index contributed by atoms with van der Waals surface area (Å²) >= 11 is 0. The van der Waals surface area contributed by atoms with Crippen molar-refractivity contribution < 1.29 is 0 Å². The molecule has 0 amide bonds. The standard InChI is InChI=1S/C74H92BN3/c1-45-36-51(70(11,12)13)37-46(2)66(45)77-61-42-56(76(54-28-24-49(25-29-54)68(5,6)7)55-30-26-50(27-31-55)69(8,9)10)32-33-59(61)75-60-43-57-58(74(22,23)35-34-73(57,20)21)44-62(60)78(64-41-53(72(17,18)19)40-63(77)65(64)75)67-47(3)38-52(39-48(67)4)71(14,15)16/h24-33,36-44H,34-35H2,1-23H3. The Morgan fingerprint density at radius 1 is 0.359 bits per heavy atom. The smallest absolute Gasteiger partial charge is 0.252 e. The largest absolute Gasteiger partial charge is 0.311 e. The summed E-state index contributed by atoms with van der Waals surface area (Å²) in [7, 11) is 0. The van der Waals surface area contributed by atoms with Crippen molar-refractivity contribution in [1.29, 1.82) is 0 Å². The van der Waals surface area contributed by atoms with Crippen LogP contribution in [-0.2, 0) is 37.9 Å². The maximum atomic E-state index is 2.74.